The van der Waals surface area contributed by atoms with Gasteiger partial charge in [0.05, 0.1) is 11.6 Å². The third-order valence-corrected chi connectivity index (χ3v) is 2.81. The highest BCUT2D eigenvalue weighted by molar-refractivity contribution is 6.32. The van der Waals surface area contributed by atoms with Gasteiger partial charge in [-0.15, -0.1) is 0 Å². The first kappa shape index (κ1) is 13.8. The zero-order valence-corrected chi connectivity index (χ0v) is 11.4. The van der Waals surface area contributed by atoms with Gasteiger partial charge in [0.15, 0.2) is 6.61 Å². The molecule has 1 N–H and O–H groups in total. The largest absolute Gasteiger partial charge is 0.484 e. The number of ether oxygens (including phenoxy) is 1. The van der Waals surface area contributed by atoms with E-state index in [9.17, 15) is 0 Å². The summed E-state index contributed by atoms with van der Waals surface area (Å²) in [7, 11) is 0. The van der Waals surface area contributed by atoms with Crippen LogP contribution in [0.1, 0.15) is 30.6 Å². The van der Waals surface area contributed by atoms with Crippen LogP contribution in [0.2, 0.25) is 5.02 Å². The summed E-state index contributed by atoms with van der Waals surface area (Å²) in [4.78, 5) is 4.19. The number of hydrogen-bond acceptors (Lipinski definition) is 5. The summed E-state index contributed by atoms with van der Waals surface area (Å²) in [6.45, 7) is 2.19. The van der Waals surface area contributed by atoms with Crippen LogP contribution < -0.4 is 4.74 Å². The predicted octanol–water partition coefficient (Wildman–Crippen LogP) is 2.75. The Morgan fingerprint density at radius 3 is 2.95 bits per heavy atom. The molecule has 0 radical (unpaired) electrons. The maximum atomic E-state index is 8.98. The van der Waals surface area contributed by atoms with Gasteiger partial charge in [0.25, 0.3) is 0 Å². The minimum absolute atomic E-state index is 0.0504. The van der Waals surface area contributed by atoms with E-state index in [4.69, 9.17) is 26.0 Å². The van der Waals surface area contributed by atoms with Gasteiger partial charge >= 0.3 is 0 Å². The third kappa shape index (κ3) is 3.68. The Kier molecular flexibility index (Phi) is 4.76. The Bertz CT molecular complexity index is 542. The van der Waals surface area contributed by atoms with Crippen molar-refractivity contribution < 1.29 is 14.4 Å². The van der Waals surface area contributed by atoms with Crippen LogP contribution in [0.5, 0.6) is 5.75 Å². The predicted molar refractivity (Wildman–Crippen MR) is 70.0 cm³/mol. The van der Waals surface area contributed by atoms with Gasteiger partial charge < -0.3 is 14.4 Å². The van der Waals surface area contributed by atoms with Crippen LogP contribution >= 0.6 is 11.6 Å². The molecule has 0 aliphatic rings. The van der Waals surface area contributed by atoms with Gasteiger partial charge in [-0.25, -0.2) is 0 Å². The molecule has 0 saturated carbocycles. The highest BCUT2D eigenvalue weighted by Crippen LogP contribution is 2.26. The van der Waals surface area contributed by atoms with E-state index in [0.717, 1.165) is 18.4 Å². The standard InChI is InChI=1S/C13H15ClN2O3/c1-2-3-13-15-12(16-19-13)8-18-11-5-4-9(7-17)6-10(11)14/h4-6,17H,2-3,7-8H2,1H3. The Morgan fingerprint density at radius 2 is 2.26 bits per heavy atom. The lowest BCUT2D eigenvalue weighted by Gasteiger charge is -2.06. The number of halogens is 1. The highest BCUT2D eigenvalue weighted by Gasteiger charge is 2.08. The highest BCUT2D eigenvalue weighted by atomic mass is 35.5. The fraction of sp³-hybridized carbons (Fsp3) is 0.385. The molecule has 0 fully saturated rings. The lowest BCUT2D eigenvalue weighted by Crippen LogP contribution is -1.99. The molecule has 0 spiro atoms. The molecule has 102 valence electrons. The van der Waals surface area contributed by atoms with Crippen molar-refractivity contribution >= 4 is 11.6 Å². The second kappa shape index (κ2) is 6.54. The molecule has 0 amide bonds. The van der Waals surface area contributed by atoms with Gasteiger partial charge in [0.2, 0.25) is 11.7 Å². The Hall–Kier alpha value is -1.59. The van der Waals surface area contributed by atoms with Crippen LogP contribution in [-0.4, -0.2) is 15.2 Å². The van der Waals surface area contributed by atoms with Crippen molar-refractivity contribution in [2.45, 2.75) is 33.0 Å². The first-order valence-corrected chi connectivity index (χ1v) is 6.44. The quantitative estimate of drug-likeness (QED) is 0.882. The number of rotatable bonds is 6. The maximum Gasteiger partial charge on any atom is 0.226 e. The van der Waals surface area contributed by atoms with Crippen LogP contribution in [-0.2, 0) is 19.6 Å². The van der Waals surface area contributed by atoms with Crippen molar-refractivity contribution in [2.24, 2.45) is 0 Å². The first-order valence-electron chi connectivity index (χ1n) is 6.06. The van der Waals surface area contributed by atoms with Crippen LogP contribution in [0.4, 0.5) is 0 Å². The summed E-state index contributed by atoms with van der Waals surface area (Å²) < 4.78 is 10.6. The van der Waals surface area contributed by atoms with Gasteiger partial charge in [-0.05, 0) is 24.1 Å². The molecule has 0 bridgehead atoms. The number of benzene rings is 1. The molecule has 0 atom stereocenters. The topological polar surface area (TPSA) is 68.4 Å². The van der Waals surface area contributed by atoms with E-state index in [1.165, 1.54) is 0 Å². The van der Waals surface area contributed by atoms with Crippen LogP contribution in [0.15, 0.2) is 22.7 Å². The number of aryl methyl sites for hydroxylation is 1. The molecule has 0 aliphatic carbocycles. The molecule has 19 heavy (non-hydrogen) atoms. The molecule has 0 saturated heterocycles. The SMILES string of the molecule is CCCc1nc(COc2ccc(CO)cc2Cl)no1. The number of nitrogens with zero attached hydrogens (tertiary/aromatic N) is 2. The zero-order chi connectivity index (χ0) is 13.7. The lowest BCUT2D eigenvalue weighted by atomic mass is 10.2. The van der Waals surface area contributed by atoms with Crippen molar-refractivity contribution in [3.8, 4) is 5.75 Å². The summed E-state index contributed by atoms with van der Waals surface area (Å²) in [5.74, 6) is 1.63. The molecule has 1 aromatic heterocycles. The van der Waals surface area contributed by atoms with Crippen molar-refractivity contribution in [3.05, 3.63) is 40.5 Å². The molecule has 1 aromatic carbocycles. The van der Waals surface area contributed by atoms with Crippen LogP contribution in [0, 0.1) is 0 Å². The summed E-state index contributed by atoms with van der Waals surface area (Å²) in [5.41, 5.74) is 0.738. The van der Waals surface area contributed by atoms with Crippen molar-refractivity contribution in [3.63, 3.8) is 0 Å². The van der Waals surface area contributed by atoms with Crippen LogP contribution in [0.3, 0.4) is 0 Å². The molecule has 6 heteroatoms. The summed E-state index contributed by atoms with van der Waals surface area (Å²) in [6.07, 6.45) is 1.72. The normalized spacial score (nSPS) is 10.7. The van der Waals surface area contributed by atoms with E-state index in [0.29, 0.717) is 22.5 Å². The Balaban J connectivity index is 1.97. The maximum absolute atomic E-state index is 8.98. The zero-order valence-electron chi connectivity index (χ0n) is 10.6. The summed E-state index contributed by atoms with van der Waals surface area (Å²) >= 11 is 6.03. The van der Waals surface area contributed by atoms with E-state index in [2.05, 4.69) is 10.1 Å². The second-order valence-electron chi connectivity index (χ2n) is 4.07. The average Bonchev–Trinajstić information content (AvgIpc) is 2.85. The van der Waals surface area contributed by atoms with Crippen LogP contribution in [0.25, 0.3) is 0 Å². The number of aromatic nitrogens is 2. The number of aliphatic hydroxyl groups is 1. The fourth-order valence-electron chi connectivity index (χ4n) is 1.57. The summed E-state index contributed by atoms with van der Waals surface area (Å²) in [6, 6.07) is 5.12. The first-order chi connectivity index (χ1) is 9.22. The summed E-state index contributed by atoms with van der Waals surface area (Å²) in [5, 5.41) is 13.2. The number of aliphatic hydroxyl groups excluding tert-OH is 1. The average molecular weight is 283 g/mol. The number of hydrogen-bond donors (Lipinski definition) is 1. The van der Waals surface area contributed by atoms with Gasteiger partial charge in [-0.2, -0.15) is 4.98 Å². The van der Waals surface area contributed by atoms with Crippen molar-refractivity contribution in [1.29, 1.82) is 0 Å². The van der Waals surface area contributed by atoms with Gasteiger partial charge in [-0.1, -0.05) is 29.7 Å². The van der Waals surface area contributed by atoms with Gasteiger partial charge in [-0.3, -0.25) is 0 Å². The monoisotopic (exact) mass is 282 g/mol. The second-order valence-corrected chi connectivity index (χ2v) is 4.47. The Labute approximate surface area is 116 Å². The molecule has 2 rings (SSSR count). The lowest BCUT2D eigenvalue weighted by molar-refractivity contribution is 0.278. The van der Waals surface area contributed by atoms with E-state index in [1.807, 2.05) is 6.92 Å². The molecular weight excluding hydrogens is 268 g/mol. The smallest absolute Gasteiger partial charge is 0.226 e. The molecule has 0 unspecified atom stereocenters. The fourth-order valence-corrected chi connectivity index (χ4v) is 1.82. The molecule has 1 heterocycles. The Morgan fingerprint density at radius 1 is 1.42 bits per heavy atom. The molecular formula is C13H15ClN2O3. The van der Waals surface area contributed by atoms with Gasteiger partial charge in [0.1, 0.15) is 5.75 Å². The minimum Gasteiger partial charge on any atom is -0.484 e. The molecule has 0 aliphatic heterocycles. The van der Waals surface area contributed by atoms with E-state index in [-0.39, 0.29) is 13.2 Å². The molecule has 2 aromatic rings. The molecule has 5 nitrogen and oxygen atoms in total. The van der Waals surface area contributed by atoms with E-state index >= 15 is 0 Å². The third-order valence-electron chi connectivity index (χ3n) is 2.51. The van der Waals surface area contributed by atoms with Crippen molar-refractivity contribution in [2.75, 3.05) is 0 Å². The minimum atomic E-state index is -0.0504. The van der Waals surface area contributed by atoms with Crippen molar-refractivity contribution in [1.82, 2.24) is 10.1 Å². The van der Waals surface area contributed by atoms with Gasteiger partial charge in [0, 0.05) is 6.42 Å². The van der Waals surface area contributed by atoms with E-state index in [1.54, 1.807) is 18.2 Å². The van der Waals surface area contributed by atoms with E-state index < -0.39 is 0 Å².